The number of amides is 2. The molecule has 0 aliphatic heterocycles. The van der Waals surface area contributed by atoms with Gasteiger partial charge in [0.25, 0.3) is 5.91 Å². The van der Waals surface area contributed by atoms with Gasteiger partial charge in [-0.1, -0.05) is 29.3 Å². The molecular formula is C23H26N2O4S. The first-order valence-electron chi connectivity index (χ1n) is 9.78. The second-order valence-electron chi connectivity index (χ2n) is 8.03. The third-order valence-electron chi connectivity index (χ3n) is 6.01. The maximum Gasteiger partial charge on any atom is 0.307 e. The van der Waals surface area contributed by atoms with Gasteiger partial charge in [0.15, 0.2) is 0 Å². The normalized spacial score (nSPS) is 18.9. The average molecular weight is 427 g/mol. The lowest BCUT2D eigenvalue weighted by Gasteiger charge is -2.29. The first-order chi connectivity index (χ1) is 14.1. The van der Waals surface area contributed by atoms with E-state index in [-0.39, 0.29) is 5.56 Å². The average Bonchev–Trinajstić information content (AvgIpc) is 3.09. The van der Waals surface area contributed by atoms with Gasteiger partial charge >= 0.3 is 5.97 Å². The second kappa shape index (κ2) is 8.44. The van der Waals surface area contributed by atoms with E-state index in [4.69, 9.17) is 5.73 Å². The van der Waals surface area contributed by atoms with Gasteiger partial charge in [-0.15, -0.1) is 11.3 Å². The molecule has 0 fully saturated rings. The Kier molecular flexibility index (Phi) is 6.12. The van der Waals surface area contributed by atoms with E-state index in [0.717, 1.165) is 27.8 Å². The largest absolute Gasteiger partial charge is 0.481 e. The molecule has 1 aliphatic carbocycles. The number of thiophene rings is 1. The Morgan fingerprint density at radius 2 is 1.67 bits per heavy atom. The first-order valence-corrected chi connectivity index (χ1v) is 10.7. The fourth-order valence-electron chi connectivity index (χ4n) is 3.85. The molecule has 3 rings (SSSR count). The molecular weight excluding hydrogens is 400 g/mol. The molecule has 1 heterocycles. The summed E-state index contributed by atoms with van der Waals surface area (Å²) in [6.45, 7) is 7.82. The fraction of sp³-hybridized carbons (Fsp3) is 0.348. The Labute approximate surface area is 179 Å². The van der Waals surface area contributed by atoms with E-state index in [1.54, 1.807) is 5.38 Å². The molecule has 0 spiro atoms. The SMILES string of the molecule is CC1=C(C)CC(C(=O)Nc2scc(-c3ccc(C)c(C)c3)c2C(N)=O)C(C(=O)O)C1. The van der Waals surface area contributed by atoms with Crippen LogP contribution in [0.25, 0.3) is 11.1 Å². The molecule has 158 valence electrons. The number of primary amides is 1. The number of nitrogens with two attached hydrogens (primary N) is 1. The predicted octanol–water partition coefficient (Wildman–Crippen LogP) is 4.52. The number of carbonyl (C=O) groups excluding carboxylic acids is 2. The standard InChI is InChI=1S/C23H26N2O4S/c1-11-5-6-15(7-12(11)2)18-10-30-22(19(18)20(24)26)25-21(27)16-8-13(3)14(4)9-17(16)23(28)29/h5-7,10,16-17H,8-9H2,1-4H3,(H2,24,26)(H,25,27)(H,28,29). The van der Waals surface area contributed by atoms with Crippen molar-refractivity contribution in [1.82, 2.24) is 0 Å². The van der Waals surface area contributed by atoms with Crippen molar-refractivity contribution < 1.29 is 19.5 Å². The van der Waals surface area contributed by atoms with E-state index in [0.29, 0.717) is 23.4 Å². The zero-order chi connectivity index (χ0) is 22.2. The number of rotatable bonds is 5. The number of hydrogen-bond donors (Lipinski definition) is 3. The summed E-state index contributed by atoms with van der Waals surface area (Å²) in [6, 6.07) is 5.87. The van der Waals surface area contributed by atoms with Crippen molar-refractivity contribution in [3.8, 4) is 11.1 Å². The Morgan fingerprint density at radius 1 is 1.03 bits per heavy atom. The highest BCUT2D eigenvalue weighted by atomic mass is 32.1. The van der Waals surface area contributed by atoms with E-state index in [9.17, 15) is 19.5 Å². The van der Waals surface area contributed by atoms with Gasteiger partial charge in [0.2, 0.25) is 5.91 Å². The minimum Gasteiger partial charge on any atom is -0.481 e. The second-order valence-corrected chi connectivity index (χ2v) is 8.91. The van der Waals surface area contributed by atoms with Crippen LogP contribution in [0.3, 0.4) is 0 Å². The summed E-state index contributed by atoms with van der Waals surface area (Å²) in [6.07, 6.45) is 0.732. The van der Waals surface area contributed by atoms with Crippen LogP contribution in [0.15, 0.2) is 34.7 Å². The number of nitrogens with one attached hydrogen (secondary N) is 1. The Bertz CT molecular complexity index is 1070. The van der Waals surface area contributed by atoms with Crippen molar-refractivity contribution in [2.24, 2.45) is 17.6 Å². The minimum atomic E-state index is -0.987. The van der Waals surface area contributed by atoms with Crippen LogP contribution in [0.2, 0.25) is 0 Å². The summed E-state index contributed by atoms with van der Waals surface area (Å²) in [5, 5.41) is 14.5. The third-order valence-corrected chi connectivity index (χ3v) is 6.91. The third kappa shape index (κ3) is 4.16. The zero-order valence-electron chi connectivity index (χ0n) is 17.5. The lowest BCUT2D eigenvalue weighted by Crippen LogP contribution is -2.36. The number of carbonyl (C=O) groups is 3. The van der Waals surface area contributed by atoms with Crippen molar-refractivity contribution in [2.75, 3.05) is 5.32 Å². The minimum absolute atomic E-state index is 0.253. The van der Waals surface area contributed by atoms with Gasteiger partial charge in [-0.05, 0) is 57.2 Å². The number of anilines is 1. The van der Waals surface area contributed by atoms with Gasteiger partial charge < -0.3 is 16.2 Å². The molecule has 1 aromatic carbocycles. The number of carboxylic acids is 1. The van der Waals surface area contributed by atoms with Crippen molar-refractivity contribution >= 4 is 34.1 Å². The van der Waals surface area contributed by atoms with Crippen LogP contribution >= 0.6 is 11.3 Å². The summed E-state index contributed by atoms with van der Waals surface area (Å²) in [5.74, 6) is -3.50. The van der Waals surface area contributed by atoms with Crippen molar-refractivity contribution in [2.45, 2.75) is 40.5 Å². The molecule has 0 saturated carbocycles. The molecule has 2 atom stereocenters. The van der Waals surface area contributed by atoms with Crippen LogP contribution in [0, 0.1) is 25.7 Å². The lowest BCUT2D eigenvalue weighted by molar-refractivity contribution is -0.146. The maximum absolute atomic E-state index is 13.0. The van der Waals surface area contributed by atoms with Gasteiger partial charge in [-0.25, -0.2) is 0 Å². The van der Waals surface area contributed by atoms with Gasteiger partial charge in [-0.3, -0.25) is 14.4 Å². The molecule has 4 N–H and O–H groups in total. The molecule has 0 saturated heterocycles. The summed E-state index contributed by atoms with van der Waals surface area (Å²) >= 11 is 1.22. The number of aryl methyl sites for hydroxylation is 2. The first kappa shape index (κ1) is 21.8. The van der Waals surface area contributed by atoms with Crippen LogP contribution in [0.5, 0.6) is 0 Å². The highest BCUT2D eigenvalue weighted by molar-refractivity contribution is 7.15. The Hall–Kier alpha value is -2.93. The molecule has 2 unspecified atom stereocenters. The molecule has 0 radical (unpaired) electrons. The molecule has 1 aliphatic rings. The maximum atomic E-state index is 13.0. The smallest absolute Gasteiger partial charge is 0.307 e. The Morgan fingerprint density at radius 3 is 2.23 bits per heavy atom. The van der Waals surface area contributed by atoms with E-state index in [1.807, 2.05) is 45.9 Å². The summed E-state index contributed by atoms with van der Waals surface area (Å²) < 4.78 is 0. The van der Waals surface area contributed by atoms with Crippen LogP contribution in [0.1, 0.15) is 48.2 Å². The quantitative estimate of drug-likeness (QED) is 0.611. The monoisotopic (exact) mass is 426 g/mol. The van der Waals surface area contributed by atoms with Gasteiger partial charge in [0.1, 0.15) is 5.00 Å². The predicted molar refractivity (Wildman–Crippen MR) is 119 cm³/mol. The van der Waals surface area contributed by atoms with E-state index in [1.165, 1.54) is 11.3 Å². The number of aliphatic carboxylic acids is 1. The molecule has 7 heteroatoms. The molecule has 0 bridgehead atoms. The van der Waals surface area contributed by atoms with Crippen molar-refractivity contribution in [3.63, 3.8) is 0 Å². The summed E-state index contributed by atoms with van der Waals surface area (Å²) in [4.78, 5) is 37.0. The number of hydrogen-bond acceptors (Lipinski definition) is 4. The number of carboxylic acid groups (broad SMARTS) is 1. The summed E-state index contributed by atoms with van der Waals surface area (Å²) in [5.41, 5.74) is 11.7. The van der Waals surface area contributed by atoms with Crippen LogP contribution < -0.4 is 11.1 Å². The molecule has 2 aromatic rings. The number of allylic oxidation sites excluding steroid dienone is 2. The van der Waals surface area contributed by atoms with Gasteiger partial charge in [-0.2, -0.15) is 0 Å². The topological polar surface area (TPSA) is 109 Å². The van der Waals surface area contributed by atoms with Crippen LogP contribution in [-0.2, 0) is 9.59 Å². The van der Waals surface area contributed by atoms with Crippen LogP contribution in [-0.4, -0.2) is 22.9 Å². The van der Waals surface area contributed by atoms with Crippen molar-refractivity contribution in [3.05, 3.63) is 51.4 Å². The lowest BCUT2D eigenvalue weighted by atomic mass is 9.76. The van der Waals surface area contributed by atoms with Gasteiger partial charge in [0, 0.05) is 10.9 Å². The molecule has 1 aromatic heterocycles. The van der Waals surface area contributed by atoms with Crippen molar-refractivity contribution in [1.29, 1.82) is 0 Å². The molecule has 30 heavy (non-hydrogen) atoms. The van der Waals surface area contributed by atoms with E-state index >= 15 is 0 Å². The molecule has 2 amide bonds. The van der Waals surface area contributed by atoms with Crippen LogP contribution in [0.4, 0.5) is 5.00 Å². The number of benzene rings is 1. The van der Waals surface area contributed by atoms with E-state index < -0.39 is 29.6 Å². The Balaban J connectivity index is 1.94. The fourth-order valence-corrected chi connectivity index (χ4v) is 4.83. The van der Waals surface area contributed by atoms with E-state index in [2.05, 4.69) is 5.32 Å². The zero-order valence-corrected chi connectivity index (χ0v) is 18.4. The summed E-state index contributed by atoms with van der Waals surface area (Å²) in [7, 11) is 0. The molecule has 6 nitrogen and oxygen atoms in total. The highest BCUT2D eigenvalue weighted by Gasteiger charge is 2.37. The van der Waals surface area contributed by atoms with Gasteiger partial charge in [0.05, 0.1) is 17.4 Å². The highest BCUT2D eigenvalue weighted by Crippen LogP contribution is 2.39.